The van der Waals surface area contributed by atoms with E-state index < -0.39 is 5.54 Å². The molecule has 1 amide bonds. The highest BCUT2D eigenvalue weighted by atomic mass is 35.5. The van der Waals surface area contributed by atoms with Crippen molar-refractivity contribution in [1.82, 2.24) is 5.32 Å². The van der Waals surface area contributed by atoms with Crippen LogP contribution in [0.2, 0.25) is 10.0 Å². The molecule has 3 nitrogen and oxygen atoms in total. The summed E-state index contributed by atoms with van der Waals surface area (Å²) in [5.41, 5.74) is 6.01. The molecule has 120 valence electrons. The maximum atomic E-state index is 12.1. The molecule has 0 saturated carbocycles. The summed E-state index contributed by atoms with van der Waals surface area (Å²) in [5.74, 6) is -0.119. The molecular weight excluding hydrogens is 331 g/mol. The van der Waals surface area contributed by atoms with Crippen molar-refractivity contribution in [2.45, 2.75) is 45.1 Å². The van der Waals surface area contributed by atoms with Gasteiger partial charge in [0.05, 0.1) is 5.54 Å². The number of halogens is 3. The van der Waals surface area contributed by atoms with E-state index >= 15 is 0 Å². The number of carbonyl (C=O) groups is 1. The number of rotatable bonds is 6. The van der Waals surface area contributed by atoms with Gasteiger partial charge in [-0.1, -0.05) is 49.5 Å². The zero-order chi connectivity index (χ0) is 15.3. The van der Waals surface area contributed by atoms with Gasteiger partial charge in [0.1, 0.15) is 0 Å². The lowest BCUT2D eigenvalue weighted by molar-refractivity contribution is -0.126. The highest BCUT2D eigenvalue weighted by Gasteiger charge is 2.27. The molecule has 1 rings (SSSR count). The Morgan fingerprint density at radius 1 is 1.38 bits per heavy atom. The number of nitrogens with one attached hydrogen (secondary N) is 1. The summed E-state index contributed by atoms with van der Waals surface area (Å²) < 4.78 is 0. The Morgan fingerprint density at radius 3 is 2.38 bits per heavy atom. The van der Waals surface area contributed by atoms with Gasteiger partial charge >= 0.3 is 0 Å². The van der Waals surface area contributed by atoms with Crippen LogP contribution in [0.15, 0.2) is 18.2 Å². The van der Waals surface area contributed by atoms with Crippen LogP contribution in [0.5, 0.6) is 0 Å². The van der Waals surface area contributed by atoms with Gasteiger partial charge in [0.15, 0.2) is 0 Å². The van der Waals surface area contributed by atoms with Crippen LogP contribution >= 0.6 is 35.6 Å². The zero-order valence-corrected chi connectivity index (χ0v) is 14.9. The second kappa shape index (κ2) is 8.84. The molecule has 3 N–H and O–H groups in total. The lowest BCUT2D eigenvalue weighted by Crippen LogP contribution is -2.52. The predicted molar refractivity (Wildman–Crippen MR) is 92.6 cm³/mol. The molecular formula is C15H23Cl3N2O. The van der Waals surface area contributed by atoms with Gasteiger partial charge in [0.25, 0.3) is 0 Å². The summed E-state index contributed by atoms with van der Waals surface area (Å²) >= 11 is 12.3. The van der Waals surface area contributed by atoms with Crippen molar-refractivity contribution < 1.29 is 4.79 Å². The zero-order valence-electron chi connectivity index (χ0n) is 12.6. The van der Waals surface area contributed by atoms with Crippen LogP contribution in [0, 0.1) is 0 Å². The minimum atomic E-state index is -0.835. The fraction of sp³-hybridized carbons (Fsp3) is 0.533. The quantitative estimate of drug-likeness (QED) is 0.807. The van der Waals surface area contributed by atoms with Crippen LogP contribution < -0.4 is 11.1 Å². The van der Waals surface area contributed by atoms with E-state index in [-0.39, 0.29) is 24.2 Å². The molecule has 0 heterocycles. The number of amides is 1. The van der Waals surface area contributed by atoms with Crippen molar-refractivity contribution >= 4 is 41.5 Å². The average molecular weight is 354 g/mol. The van der Waals surface area contributed by atoms with Gasteiger partial charge < -0.3 is 11.1 Å². The van der Waals surface area contributed by atoms with Crippen molar-refractivity contribution in [2.75, 3.05) is 6.54 Å². The van der Waals surface area contributed by atoms with Gasteiger partial charge in [-0.15, -0.1) is 12.4 Å². The molecule has 0 aliphatic carbocycles. The summed E-state index contributed by atoms with van der Waals surface area (Å²) in [4.78, 5) is 12.1. The lowest BCUT2D eigenvalue weighted by atomic mass is 9.95. The van der Waals surface area contributed by atoms with Crippen molar-refractivity contribution in [2.24, 2.45) is 5.73 Å². The molecule has 0 saturated heterocycles. The van der Waals surface area contributed by atoms with E-state index in [0.29, 0.717) is 23.0 Å². The van der Waals surface area contributed by atoms with Crippen molar-refractivity contribution in [1.29, 1.82) is 0 Å². The Hall–Kier alpha value is -0.480. The number of hydrogen-bond acceptors (Lipinski definition) is 2. The van der Waals surface area contributed by atoms with Gasteiger partial charge in [0, 0.05) is 22.5 Å². The normalized spacial score (nSPS) is 14.8. The Morgan fingerprint density at radius 2 is 1.90 bits per heavy atom. The third-order valence-corrected chi connectivity index (χ3v) is 4.01. The van der Waals surface area contributed by atoms with E-state index in [2.05, 4.69) is 5.32 Å². The highest BCUT2D eigenvalue weighted by Crippen LogP contribution is 2.31. The van der Waals surface area contributed by atoms with Gasteiger partial charge in [-0.3, -0.25) is 4.79 Å². The first kappa shape index (κ1) is 20.5. The van der Waals surface area contributed by atoms with Crippen LogP contribution in [0.25, 0.3) is 0 Å². The fourth-order valence-corrected chi connectivity index (χ4v) is 2.93. The fourth-order valence-electron chi connectivity index (χ4n) is 2.16. The SMILES string of the molecule is CCCC(C)(N)C(=O)NCC(C)c1c(Cl)cccc1Cl.Cl. The topological polar surface area (TPSA) is 55.1 Å². The van der Waals surface area contributed by atoms with E-state index in [1.165, 1.54) is 0 Å². The molecule has 1 aromatic rings. The van der Waals surface area contributed by atoms with E-state index in [0.717, 1.165) is 12.0 Å². The lowest BCUT2D eigenvalue weighted by Gasteiger charge is -2.24. The standard InChI is InChI=1S/C15H22Cl2N2O.ClH/c1-4-8-15(3,18)14(20)19-9-10(2)13-11(16)6-5-7-12(13)17;/h5-7,10H,4,8-9,18H2,1-3H3,(H,19,20);1H. The van der Waals surface area contributed by atoms with E-state index in [4.69, 9.17) is 28.9 Å². The Balaban J connectivity index is 0.00000400. The van der Waals surface area contributed by atoms with E-state index in [1.807, 2.05) is 13.8 Å². The molecule has 0 fully saturated rings. The first-order valence-corrected chi connectivity index (χ1v) is 7.56. The Bertz CT molecular complexity index is 458. The minimum absolute atomic E-state index is 0. The van der Waals surface area contributed by atoms with Crippen LogP contribution in [-0.2, 0) is 4.79 Å². The van der Waals surface area contributed by atoms with E-state index in [9.17, 15) is 4.79 Å². The molecule has 2 unspecified atom stereocenters. The smallest absolute Gasteiger partial charge is 0.239 e. The number of hydrogen-bond donors (Lipinski definition) is 2. The minimum Gasteiger partial charge on any atom is -0.354 e. The molecule has 1 aromatic carbocycles. The third kappa shape index (κ3) is 5.67. The predicted octanol–water partition coefficient (Wildman–Crippen LogP) is 4.15. The van der Waals surface area contributed by atoms with Gasteiger partial charge in [0.2, 0.25) is 5.91 Å². The number of carbonyl (C=O) groups excluding carboxylic acids is 1. The molecule has 0 aliphatic rings. The molecule has 21 heavy (non-hydrogen) atoms. The molecule has 0 aliphatic heterocycles. The molecule has 6 heteroatoms. The average Bonchev–Trinajstić information content (AvgIpc) is 2.35. The van der Waals surface area contributed by atoms with Crippen molar-refractivity contribution in [3.63, 3.8) is 0 Å². The maximum absolute atomic E-state index is 12.1. The monoisotopic (exact) mass is 352 g/mol. The maximum Gasteiger partial charge on any atom is 0.239 e. The van der Waals surface area contributed by atoms with Gasteiger partial charge in [-0.25, -0.2) is 0 Å². The van der Waals surface area contributed by atoms with Crippen molar-refractivity contribution in [3.05, 3.63) is 33.8 Å². The Labute approximate surface area is 143 Å². The second-order valence-corrected chi connectivity index (χ2v) is 6.23. The third-order valence-electron chi connectivity index (χ3n) is 3.35. The summed E-state index contributed by atoms with van der Waals surface area (Å²) in [7, 11) is 0. The van der Waals surface area contributed by atoms with Gasteiger partial charge in [-0.05, 0) is 31.0 Å². The molecule has 0 aromatic heterocycles. The van der Waals surface area contributed by atoms with E-state index in [1.54, 1.807) is 25.1 Å². The van der Waals surface area contributed by atoms with Gasteiger partial charge in [-0.2, -0.15) is 0 Å². The first-order chi connectivity index (χ1) is 9.29. The van der Waals surface area contributed by atoms with Crippen LogP contribution in [0.1, 0.15) is 45.1 Å². The van der Waals surface area contributed by atoms with Crippen LogP contribution in [-0.4, -0.2) is 18.0 Å². The molecule has 2 atom stereocenters. The largest absolute Gasteiger partial charge is 0.354 e. The summed E-state index contributed by atoms with van der Waals surface area (Å²) in [6.07, 6.45) is 1.52. The molecule has 0 bridgehead atoms. The first-order valence-electron chi connectivity index (χ1n) is 6.80. The summed E-state index contributed by atoms with van der Waals surface area (Å²) in [5, 5.41) is 4.11. The Kier molecular flexibility index (Phi) is 8.64. The molecule has 0 spiro atoms. The van der Waals surface area contributed by atoms with Crippen molar-refractivity contribution in [3.8, 4) is 0 Å². The molecule has 0 radical (unpaired) electrons. The number of nitrogens with two attached hydrogens (primary N) is 1. The number of benzene rings is 1. The van der Waals surface area contributed by atoms with Crippen LogP contribution in [0.3, 0.4) is 0 Å². The summed E-state index contributed by atoms with van der Waals surface area (Å²) in [6.45, 7) is 6.18. The van der Waals surface area contributed by atoms with Crippen LogP contribution in [0.4, 0.5) is 0 Å². The summed E-state index contributed by atoms with van der Waals surface area (Å²) in [6, 6.07) is 5.40. The highest BCUT2D eigenvalue weighted by molar-refractivity contribution is 6.36. The second-order valence-electron chi connectivity index (χ2n) is 5.41.